The van der Waals surface area contributed by atoms with Crippen LogP contribution in [0.4, 0.5) is 0 Å². The molecule has 4 nitrogen and oxygen atoms in total. The highest BCUT2D eigenvalue weighted by Gasteiger charge is 2.31. The average Bonchev–Trinajstić information content (AvgIpc) is 2.76. The average molecular weight is 228 g/mol. The maximum absolute atomic E-state index is 8.66. The van der Waals surface area contributed by atoms with Crippen LogP contribution in [0.15, 0.2) is 0 Å². The van der Waals surface area contributed by atoms with Gasteiger partial charge in [-0.25, -0.2) is 0 Å². The van der Waals surface area contributed by atoms with Crippen LogP contribution < -0.4 is 5.32 Å². The Bertz CT molecular complexity index is 201. The number of fused-ring (bicyclic) bond motifs is 1. The topological polar surface area (TPSA) is 44.7 Å². The van der Waals surface area contributed by atoms with Crippen LogP contribution in [-0.2, 0) is 4.74 Å². The second-order valence-electron chi connectivity index (χ2n) is 4.88. The van der Waals surface area contributed by atoms with Gasteiger partial charge in [-0.2, -0.15) is 0 Å². The molecule has 94 valence electrons. The normalized spacial score (nSPS) is 30.6. The van der Waals surface area contributed by atoms with E-state index in [2.05, 4.69) is 10.2 Å². The van der Waals surface area contributed by atoms with Crippen LogP contribution in [0.2, 0.25) is 0 Å². The Hall–Kier alpha value is -0.160. The maximum Gasteiger partial charge on any atom is 0.0826 e. The molecule has 0 aromatic rings. The Labute approximate surface area is 98.0 Å². The van der Waals surface area contributed by atoms with Gasteiger partial charge in [0.15, 0.2) is 0 Å². The van der Waals surface area contributed by atoms with Crippen molar-refractivity contribution in [3.8, 4) is 0 Å². The van der Waals surface area contributed by atoms with Crippen molar-refractivity contribution in [2.45, 2.75) is 37.8 Å². The minimum atomic E-state index is 0.303. The number of hydrogen-bond donors (Lipinski definition) is 2. The molecule has 2 rings (SSSR count). The van der Waals surface area contributed by atoms with E-state index in [4.69, 9.17) is 9.84 Å². The second-order valence-corrected chi connectivity index (χ2v) is 4.88. The van der Waals surface area contributed by atoms with E-state index in [1.165, 1.54) is 19.4 Å². The third-order valence-corrected chi connectivity index (χ3v) is 3.60. The second kappa shape index (κ2) is 6.55. The molecule has 2 fully saturated rings. The molecular formula is C12H24N2O2. The van der Waals surface area contributed by atoms with E-state index in [1.807, 2.05) is 0 Å². The smallest absolute Gasteiger partial charge is 0.0826 e. The number of nitrogens with one attached hydrogen (secondary N) is 1. The van der Waals surface area contributed by atoms with Crippen molar-refractivity contribution >= 4 is 0 Å². The maximum atomic E-state index is 8.66. The summed E-state index contributed by atoms with van der Waals surface area (Å²) < 4.78 is 5.84. The minimum Gasteiger partial charge on any atom is -0.396 e. The summed E-state index contributed by atoms with van der Waals surface area (Å²) in [4.78, 5) is 2.57. The van der Waals surface area contributed by atoms with Crippen molar-refractivity contribution in [3.63, 3.8) is 0 Å². The highest BCUT2D eigenvalue weighted by molar-refractivity contribution is 4.85. The monoisotopic (exact) mass is 228 g/mol. The number of nitrogens with zero attached hydrogens (tertiary/aromatic N) is 1. The van der Waals surface area contributed by atoms with E-state index in [-0.39, 0.29) is 0 Å². The molecule has 0 bridgehead atoms. The van der Waals surface area contributed by atoms with Crippen molar-refractivity contribution in [2.75, 3.05) is 39.4 Å². The van der Waals surface area contributed by atoms with Gasteiger partial charge in [0.1, 0.15) is 0 Å². The molecule has 2 unspecified atom stereocenters. The fraction of sp³-hybridized carbons (Fsp3) is 1.00. The molecule has 2 aliphatic heterocycles. The van der Waals surface area contributed by atoms with Crippen LogP contribution >= 0.6 is 0 Å². The van der Waals surface area contributed by atoms with Crippen LogP contribution in [0.25, 0.3) is 0 Å². The van der Waals surface area contributed by atoms with Gasteiger partial charge in [0.05, 0.1) is 12.7 Å². The molecule has 2 saturated heterocycles. The van der Waals surface area contributed by atoms with E-state index in [0.29, 0.717) is 18.8 Å². The first-order chi connectivity index (χ1) is 7.90. The van der Waals surface area contributed by atoms with Crippen molar-refractivity contribution < 1.29 is 9.84 Å². The first-order valence-corrected chi connectivity index (χ1v) is 6.57. The van der Waals surface area contributed by atoms with Gasteiger partial charge < -0.3 is 15.2 Å². The Balaban J connectivity index is 1.56. The van der Waals surface area contributed by atoms with Crippen LogP contribution in [0.3, 0.4) is 0 Å². The molecule has 0 aliphatic carbocycles. The zero-order valence-electron chi connectivity index (χ0n) is 10.0. The summed E-state index contributed by atoms with van der Waals surface area (Å²) >= 11 is 0. The summed E-state index contributed by atoms with van der Waals surface area (Å²) in [5.41, 5.74) is 0. The highest BCUT2D eigenvalue weighted by atomic mass is 16.5. The Morgan fingerprint density at radius 2 is 2.31 bits per heavy atom. The molecule has 0 amide bonds. The molecule has 0 aromatic heterocycles. The summed E-state index contributed by atoms with van der Waals surface area (Å²) in [6.07, 6.45) is 4.97. The van der Waals surface area contributed by atoms with Crippen LogP contribution in [0, 0.1) is 0 Å². The summed E-state index contributed by atoms with van der Waals surface area (Å²) in [5.74, 6) is 0. The lowest BCUT2D eigenvalue weighted by Gasteiger charge is -2.35. The molecule has 2 heterocycles. The van der Waals surface area contributed by atoms with Crippen molar-refractivity contribution in [1.29, 1.82) is 0 Å². The lowest BCUT2D eigenvalue weighted by Crippen LogP contribution is -2.49. The van der Waals surface area contributed by atoms with E-state index in [9.17, 15) is 0 Å². The molecule has 2 atom stereocenters. The van der Waals surface area contributed by atoms with Crippen LogP contribution in [0.5, 0.6) is 0 Å². The molecule has 2 aliphatic rings. The largest absolute Gasteiger partial charge is 0.396 e. The van der Waals surface area contributed by atoms with Gasteiger partial charge in [0.2, 0.25) is 0 Å². The van der Waals surface area contributed by atoms with Gasteiger partial charge in [0.25, 0.3) is 0 Å². The quantitative estimate of drug-likeness (QED) is 0.638. The zero-order valence-corrected chi connectivity index (χ0v) is 10.0. The SMILES string of the molecule is OCCCCNCC1CN2CCCC2CO1. The summed E-state index contributed by atoms with van der Waals surface area (Å²) in [5, 5.41) is 12.1. The van der Waals surface area contributed by atoms with E-state index >= 15 is 0 Å². The van der Waals surface area contributed by atoms with Crippen molar-refractivity contribution in [2.24, 2.45) is 0 Å². The number of aliphatic hydroxyl groups excluding tert-OH is 1. The standard InChI is InChI=1S/C12H24N2O2/c15-7-2-1-5-13-8-12-9-14-6-3-4-11(14)10-16-12/h11-13,15H,1-10H2. The van der Waals surface area contributed by atoms with E-state index in [0.717, 1.165) is 39.1 Å². The summed E-state index contributed by atoms with van der Waals surface area (Å²) in [6.45, 7) is 5.52. The molecule has 0 aromatic carbocycles. The summed E-state index contributed by atoms with van der Waals surface area (Å²) in [7, 11) is 0. The number of rotatable bonds is 6. The number of ether oxygens (including phenoxy) is 1. The van der Waals surface area contributed by atoms with Crippen molar-refractivity contribution in [3.05, 3.63) is 0 Å². The molecule has 0 radical (unpaired) electrons. The van der Waals surface area contributed by atoms with Gasteiger partial charge in [0, 0.05) is 25.7 Å². The molecule has 0 saturated carbocycles. The third kappa shape index (κ3) is 3.42. The Morgan fingerprint density at radius 3 is 3.19 bits per heavy atom. The van der Waals surface area contributed by atoms with Gasteiger partial charge in [-0.05, 0) is 38.8 Å². The van der Waals surface area contributed by atoms with Crippen molar-refractivity contribution in [1.82, 2.24) is 10.2 Å². The molecule has 2 N–H and O–H groups in total. The predicted octanol–water partition coefficient (Wildman–Crippen LogP) is 0.212. The van der Waals surface area contributed by atoms with E-state index < -0.39 is 0 Å². The summed E-state index contributed by atoms with van der Waals surface area (Å²) in [6, 6.07) is 0.700. The minimum absolute atomic E-state index is 0.303. The van der Waals surface area contributed by atoms with E-state index in [1.54, 1.807) is 0 Å². The number of aliphatic hydroxyl groups is 1. The fourth-order valence-corrected chi connectivity index (χ4v) is 2.63. The van der Waals surface area contributed by atoms with Gasteiger partial charge in [-0.1, -0.05) is 0 Å². The Morgan fingerprint density at radius 1 is 1.38 bits per heavy atom. The third-order valence-electron chi connectivity index (χ3n) is 3.60. The van der Waals surface area contributed by atoms with Crippen LogP contribution in [0.1, 0.15) is 25.7 Å². The van der Waals surface area contributed by atoms with Gasteiger partial charge >= 0.3 is 0 Å². The lowest BCUT2D eigenvalue weighted by molar-refractivity contribution is -0.0468. The molecule has 0 spiro atoms. The molecule has 16 heavy (non-hydrogen) atoms. The fourth-order valence-electron chi connectivity index (χ4n) is 2.63. The lowest BCUT2D eigenvalue weighted by atomic mass is 10.2. The Kier molecular flexibility index (Phi) is 5.03. The molecular weight excluding hydrogens is 204 g/mol. The number of hydrogen-bond acceptors (Lipinski definition) is 4. The predicted molar refractivity (Wildman–Crippen MR) is 63.5 cm³/mol. The zero-order chi connectivity index (χ0) is 11.2. The number of morpholine rings is 1. The first-order valence-electron chi connectivity index (χ1n) is 6.57. The van der Waals surface area contributed by atoms with Crippen LogP contribution in [-0.4, -0.2) is 61.5 Å². The number of unbranched alkanes of at least 4 members (excludes halogenated alkanes) is 1. The highest BCUT2D eigenvalue weighted by Crippen LogP contribution is 2.22. The van der Waals surface area contributed by atoms with Gasteiger partial charge in [-0.15, -0.1) is 0 Å². The van der Waals surface area contributed by atoms with Gasteiger partial charge in [-0.3, -0.25) is 4.90 Å². The first kappa shape index (κ1) is 12.3. The molecule has 4 heteroatoms.